The number of aromatic nitrogens is 1. The summed E-state index contributed by atoms with van der Waals surface area (Å²) in [6, 6.07) is 5.59. The third kappa shape index (κ3) is 2.53. The van der Waals surface area contributed by atoms with Gasteiger partial charge in [0.25, 0.3) is 5.91 Å². The van der Waals surface area contributed by atoms with Crippen LogP contribution in [0.1, 0.15) is 35.3 Å². The molecule has 132 valence electrons. The maximum atomic E-state index is 13.1. The van der Waals surface area contributed by atoms with Gasteiger partial charge < -0.3 is 14.8 Å². The Bertz CT molecular complexity index is 875. The van der Waals surface area contributed by atoms with Crippen molar-refractivity contribution in [3.05, 3.63) is 34.5 Å². The Hall–Kier alpha value is -2.01. The minimum atomic E-state index is -0.383. The number of hydrogen-bond acceptors (Lipinski definition) is 2. The van der Waals surface area contributed by atoms with Crippen LogP contribution in [0.5, 0.6) is 0 Å². The predicted octanol–water partition coefficient (Wildman–Crippen LogP) is 3.21. The highest BCUT2D eigenvalue weighted by Crippen LogP contribution is 2.40. The van der Waals surface area contributed by atoms with Crippen molar-refractivity contribution < 1.29 is 9.59 Å². The second kappa shape index (κ2) is 5.77. The number of hydrogen-bond donors (Lipinski definition) is 1. The molecule has 0 radical (unpaired) electrons. The zero-order valence-corrected chi connectivity index (χ0v) is 15.3. The molecule has 0 aliphatic carbocycles. The quantitative estimate of drug-likeness (QED) is 0.850. The Balaban J connectivity index is 1.62. The monoisotopic (exact) mass is 359 g/mol. The minimum absolute atomic E-state index is 0.0253. The van der Waals surface area contributed by atoms with Crippen LogP contribution in [0.15, 0.2) is 18.2 Å². The summed E-state index contributed by atoms with van der Waals surface area (Å²) < 4.78 is 0. The van der Waals surface area contributed by atoms with Gasteiger partial charge in [0.05, 0.1) is 5.41 Å². The molecule has 3 heterocycles. The van der Waals surface area contributed by atoms with Gasteiger partial charge in [-0.25, -0.2) is 0 Å². The Labute approximate surface area is 151 Å². The molecule has 1 spiro atoms. The van der Waals surface area contributed by atoms with Crippen molar-refractivity contribution in [2.75, 3.05) is 26.7 Å². The number of fused-ring (bicyclic) bond motifs is 1. The van der Waals surface area contributed by atoms with Crippen LogP contribution in [0.4, 0.5) is 0 Å². The number of carbonyl (C=O) groups excluding carboxylic acids is 2. The summed E-state index contributed by atoms with van der Waals surface area (Å²) in [6.45, 7) is 3.91. The lowest BCUT2D eigenvalue weighted by molar-refractivity contribution is -0.143. The van der Waals surface area contributed by atoms with E-state index in [4.69, 9.17) is 11.6 Å². The molecule has 1 N–H and O–H groups in total. The van der Waals surface area contributed by atoms with Crippen LogP contribution in [0.25, 0.3) is 10.9 Å². The van der Waals surface area contributed by atoms with E-state index in [9.17, 15) is 9.59 Å². The average molecular weight is 360 g/mol. The first-order chi connectivity index (χ1) is 11.9. The van der Waals surface area contributed by atoms with E-state index in [1.165, 1.54) is 0 Å². The van der Waals surface area contributed by atoms with Gasteiger partial charge >= 0.3 is 0 Å². The number of likely N-dealkylation sites (tertiary alicyclic amines) is 2. The summed E-state index contributed by atoms with van der Waals surface area (Å²) >= 11 is 6.08. The molecule has 5 nitrogen and oxygen atoms in total. The number of benzene rings is 1. The van der Waals surface area contributed by atoms with Crippen LogP contribution in [-0.2, 0) is 4.79 Å². The molecule has 1 atom stereocenters. The van der Waals surface area contributed by atoms with Gasteiger partial charge in [0.15, 0.2) is 0 Å². The van der Waals surface area contributed by atoms with E-state index in [-0.39, 0.29) is 17.2 Å². The molecule has 2 aliphatic rings. The number of rotatable bonds is 1. The summed E-state index contributed by atoms with van der Waals surface area (Å²) in [5.74, 6) is 0.164. The lowest BCUT2D eigenvalue weighted by Crippen LogP contribution is -2.48. The van der Waals surface area contributed by atoms with E-state index in [1.54, 1.807) is 0 Å². The molecule has 2 saturated heterocycles. The minimum Gasteiger partial charge on any atom is -0.350 e. The molecule has 1 unspecified atom stereocenters. The normalized spacial score (nSPS) is 23.9. The molecular weight excluding hydrogens is 338 g/mol. The first kappa shape index (κ1) is 16.5. The van der Waals surface area contributed by atoms with Gasteiger partial charge in [-0.05, 0) is 49.9 Å². The van der Waals surface area contributed by atoms with Gasteiger partial charge in [0.2, 0.25) is 5.91 Å². The molecule has 6 heteroatoms. The van der Waals surface area contributed by atoms with Crippen LogP contribution in [0.2, 0.25) is 5.02 Å². The number of aryl methyl sites for hydroxylation is 1. The zero-order chi connectivity index (χ0) is 17.8. The molecule has 2 amide bonds. The van der Waals surface area contributed by atoms with E-state index in [2.05, 4.69) is 4.98 Å². The maximum Gasteiger partial charge on any atom is 0.270 e. The number of carbonyl (C=O) groups is 2. The Morgan fingerprint density at radius 3 is 2.88 bits per heavy atom. The standard InChI is InChI=1S/C19H22ClN3O2/c1-12-14-10-13(20)4-5-15(14)21-16(12)17(24)23-9-7-19(11-23)6-3-8-22(2)18(19)25/h4-5,10,21H,3,6-9,11H2,1-2H3. The van der Waals surface area contributed by atoms with Gasteiger partial charge in [-0.3, -0.25) is 9.59 Å². The summed E-state index contributed by atoms with van der Waals surface area (Å²) in [7, 11) is 1.86. The second-order valence-corrected chi connectivity index (χ2v) is 7.84. The first-order valence-electron chi connectivity index (χ1n) is 8.74. The highest BCUT2D eigenvalue weighted by atomic mass is 35.5. The number of nitrogens with one attached hydrogen (secondary N) is 1. The number of piperidine rings is 1. The molecule has 0 bridgehead atoms. The summed E-state index contributed by atoms with van der Waals surface area (Å²) in [5, 5.41) is 1.63. The molecule has 4 rings (SSSR count). The molecule has 1 aromatic carbocycles. The largest absolute Gasteiger partial charge is 0.350 e. The van der Waals surface area contributed by atoms with Gasteiger partial charge in [0, 0.05) is 42.6 Å². The van der Waals surface area contributed by atoms with E-state index < -0.39 is 0 Å². The van der Waals surface area contributed by atoms with E-state index >= 15 is 0 Å². The highest BCUT2D eigenvalue weighted by molar-refractivity contribution is 6.31. The first-order valence-corrected chi connectivity index (χ1v) is 9.12. The average Bonchev–Trinajstić information content (AvgIpc) is 3.15. The number of halogens is 1. The van der Waals surface area contributed by atoms with E-state index in [1.807, 2.05) is 42.0 Å². The smallest absolute Gasteiger partial charge is 0.270 e. The van der Waals surface area contributed by atoms with Crippen LogP contribution < -0.4 is 0 Å². The SMILES string of the molecule is Cc1c(C(=O)N2CCC3(CCCN(C)C3=O)C2)[nH]c2ccc(Cl)cc12. The fourth-order valence-corrected chi connectivity index (χ4v) is 4.54. The summed E-state index contributed by atoms with van der Waals surface area (Å²) in [6.07, 6.45) is 2.64. The van der Waals surface area contributed by atoms with Gasteiger partial charge in [-0.2, -0.15) is 0 Å². The van der Waals surface area contributed by atoms with Crippen LogP contribution in [-0.4, -0.2) is 53.3 Å². The Morgan fingerprint density at radius 1 is 1.28 bits per heavy atom. The van der Waals surface area contributed by atoms with Crippen molar-refractivity contribution in [1.82, 2.24) is 14.8 Å². The van der Waals surface area contributed by atoms with Gasteiger partial charge in [-0.1, -0.05) is 11.6 Å². The number of H-pyrrole nitrogens is 1. The zero-order valence-electron chi connectivity index (χ0n) is 14.6. The van der Waals surface area contributed by atoms with E-state index in [0.717, 1.165) is 42.3 Å². The maximum absolute atomic E-state index is 13.1. The van der Waals surface area contributed by atoms with E-state index in [0.29, 0.717) is 23.8 Å². The predicted molar refractivity (Wildman–Crippen MR) is 97.9 cm³/mol. The Kier molecular flexibility index (Phi) is 3.80. The fourth-order valence-electron chi connectivity index (χ4n) is 4.36. The number of aromatic amines is 1. The fraction of sp³-hybridized carbons (Fsp3) is 0.474. The molecule has 0 saturated carbocycles. The van der Waals surface area contributed by atoms with Crippen molar-refractivity contribution in [2.45, 2.75) is 26.2 Å². The number of amides is 2. The highest BCUT2D eigenvalue weighted by Gasteiger charge is 2.48. The van der Waals surface area contributed by atoms with Crippen molar-refractivity contribution in [3.8, 4) is 0 Å². The topological polar surface area (TPSA) is 56.4 Å². The molecule has 25 heavy (non-hydrogen) atoms. The third-order valence-corrected chi connectivity index (χ3v) is 6.06. The van der Waals surface area contributed by atoms with Gasteiger partial charge in [0.1, 0.15) is 5.69 Å². The summed E-state index contributed by atoms with van der Waals surface area (Å²) in [4.78, 5) is 32.6. The third-order valence-electron chi connectivity index (χ3n) is 5.82. The molecule has 1 aromatic heterocycles. The van der Waals surface area contributed by atoms with Crippen molar-refractivity contribution >= 4 is 34.3 Å². The summed E-state index contributed by atoms with van der Waals surface area (Å²) in [5.41, 5.74) is 2.04. The van der Waals surface area contributed by atoms with Crippen LogP contribution in [0.3, 0.4) is 0 Å². The molecule has 2 fully saturated rings. The van der Waals surface area contributed by atoms with Crippen molar-refractivity contribution in [1.29, 1.82) is 0 Å². The molecule has 2 aromatic rings. The number of nitrogens with zero attached hydrogens (tertiary/aromatic N) is 2. The van der Waals surface area contributed by atoms with Crippen molar-refractivity contribution in [3.63, 3.8) is 0 Å². The Morgan fingerprint density at radius 2 is 2.08 bits per heavy atom. The van der Waals surface area contributed by atoms with Crippen LogP contribution in [0, 0.1) is 12.3 Å². The molecular formula is C19H22ClN3O2. The second-order valence-electron chi connectivity index (χ2n) is 7.40. The van der Waals surface area contributed by atoms with Crippen molar-refractivity contribution in [2.24, 2.45) is 5.41 Å². The lowest BCUT2D eigenvalue weighted by atomic mass is 9.78. The van der Waals surface area contributed by atoms with Crippen LogP contribution >= 0.6 is 11.6 Å². The van der Waals surface area contributed by atoms with Gasteiger partial charge in [-0.15, -0.1) is 0 Å². The lowest BCUT2D eigenvalue weighted by Gasteiger charge is -2.37. The molecule has 2 aliphatic heterocycles.